The molecule has 0 heterocycles. The van der Waals surface area contributed by atoms with Crippen LogP contribution in [0.3, 0.4) is 0 Å². The molecule has 0 bridgehead atoms. The van der Waals surface area contributed by atoms with Crippen LogP contribution in [0.2, 0.25) is 0 Å². The summed E-state index contributed by atoms with van der Waals surface area (Å²) < 4.78 is 5.81. The Balaban J connectivity index is 1.94. The number of nitrogens with one attached hydrogen (secondary N) is 3. The maximum absolute atomic E-state index is 12.7. The number of rotatable bonds is 10. The van der Waals surface area contributed by atoms with E-state index in [2.05, 4.69) is 22.9 Å². The van der Waals surface area contributed by atoms with Crippen LogP contribution in [-0.2, 0) is 4.79 Å². The minimum absolute atomic E-state index is 0.0701. The van der Waals surface area contributed by atoms with Gasteiger partial charge in [-0.15, -0.1) is 0 Å². The van der Waals surface area contributed by atoms with E-state index in [1.54, 1.807) is 42.5 Å². The molecule has 0 aliphatic rings. The highest BCUT2D eigenvalue weighted by Crippen LogP contribution is 2.19. The zero-order valence-corrected chi connectivity index (χ0v) is 19.2. The van der Waals surface area contributed by atoms with Crippen molar-refractivity contribution in [2.45, 2.75) is 46.5 Å². The maximum atomic E-state index is 12.7. The fraction of sp³-hybridized carbons (Fsp3) is 0.375. The number of amides is 2. The van der Waals surface area contributed by atoms with E-state index in [0.29, 0.717) is 29.3 Å². The van der Waals surface area contributed by atoms with Crippen LogP contribution < -0.4 is 20.7 Å². The van der Waals surface area contributed by atoms with Crippen LogP contribution in [0.15, 0.2) is 48.5 Å². The normalized spacial score (nSPS) is 10.5. The lowest BCUT2D eigenvalue weighted by Gasteiger charge is -2.14. The van der Waals surface area contributed by atoms with Gasteiger partial charge < -0.3 is 15.4 Å². The van der Waals surface area contributed by atoms with Crippen molar-refractivity contribution in [2.24, 2.45) is 5.92 Å². The molecule has 0 fully saturated rings. The van der Waals surface area contributed by atoms with Gasteiger partial charge in [0, 0.05) is 17.3 Å². The maximum Gasteiger partial charge on any atom is 0.261 e. The molecule has 6 nitrogen and oxygen atoms in total. The molecule has 7 heteroatoms. The van der Waals surface area contributed by atoms with Gasteiger partial charge in [0.15, 0.2) is 5.11 Å². The Morgan fingerprint density at radius 1 is 0.968 bits per heavy atom. The summed E-state index contributed by atoms with van der Waals surface area (Å²) in [5.41, 5.74) is 1.74. The molecule has 0 atom stereocenters. The molecule has 2 rings (SSSR count). The summed E-state index contributed by atoms with van der Waals surface area (Å²) in [7, 11) is 0. The standard InChI is InChI=1S/C24H31N3O3S/c1-4-5-6-9-15-30-21-14-8-7-13-20(21)23(29)27-24(31)26-19-12-10-11-18(16-19)25-22(28)17(2)3/h7-8,10-14,16-17H,4-6,9,15H2,1-3H3,(H,25,28)(H2,26,27,29,31). The quantitative estimate of drug-likeness (QED) is 0.341. The van der Waals surface area contributed by atoms with Crippen molar-refractivity contribution in [3.63, 3.8) is 0 Å². The van der Waals surface area contributed by atoms with Crippen molar-refractivity contribution in [3.05, 3.63) is 54.1 Å². The van der Waals surface area contributed by atoms with E-state index >= 15 is 0 Å². The van der Waals surface area contributed by atoms with E-state index in [-0.39, 0.29) is 22.8 Å². The smallest absolute Gasteiger partial charge is 0.261 e. The zero-order valence-electron chi connectivity index (χ0n) is 18.4. The van der Waals surface area contributed by atoms with Crippen LogP contribution in [-0.4, -0.2) is 23.5 Å². The molecular weight excluding hydrogens is 410 g/mol. The number of unbranched alkanes of at least 4 members (excludes halogenated alkanes) is 3. The minimum atomic E-state index is -0.342. The van der Waals surface area contributed by atoms with Crippen LogP contribution in [0.1, 0.15) is 56.8 Å². The number of para-hydroxylation sites is 1. The van der Waals surface area contributed by atoms with Gasteiger partial charge in [0.05, 0.1) is 12.2 Å². The third kappa shape index (κ3) is 8.38. The third-order valence-electron chi connectivity index (χ3n) is 4.53. The molecule has 0 aromatic heterocycles. The van der Waals surface area contributed by atoms with Crippen molar-refractivity contribution in [3.8, 4) is 5.75 Å². The van der Waals surface area contributed by atoms with E-state index < -0.39 is 0 Å². The molecular formula is C24H31N3O3S. The average Bonchev–Trinajstić information content (AvgIpc) is 2.74. The summed E-state index contributed by atoms with van der Waals surface area (Å²) in [6.45, 7) is 6.39. The first-order valence-electron chi connectivity index (χ1n) is 10.7. The molecule has 3 N–H and O–H groups in total. The Labute approximate surface area is 189 Å². The summed E-state index contributed by atoms with van der Waals surface area (Å²) in [5.74, 6) is 0.00820. The highest BCUT2D eigenvalue weighted by molar-refractivity contribution is 7.80. The predicted molar refractivity (Wildman–Crippen MR) is 130 cm³/mol. The van der Waals surface area contributed by atoms with Gasteiger partial charge in [-0.05, 0) is 49.0 Å². The lowest BCUT2D eigenvalue weighted by Crippen LogP contribution is -2.34. The summed E-state index contributed by atoms with van der Waals surface area (Å²) in [5, 5.41) is 8.66. The number of hydrogen-bond acceptors (Lipinski definition) is 4. The van der Waals surface area contributed by atoms with Gasteiger partial charge in [-0.25, -0.2) is 0 Å². The summed E-state index contributed by atoms with van der Waals surface area (Å²) in [6.07, 6.45) is 4.40. The SMILES string of the molecule is CCCCCCOc1ccccc1C(=O)NC(=S)Nc1cccc(NC(=O)C(C)C)c1. The van der Waals surface area contributed by atoms with Crippen LogP contribution in [0.5, 0.6) is 5.75 Å². The fourth-order valence-electron chi connectivity index (χ4n) is 2.79. The number of carbonyl (C=O) groups is 2. The van der Waals surface area contributed by atoms with Crippen molar-refractivity contribution >= 4 is 40.5 Å². The molecule has 2 aromatic carbocycles. The molecule has 166 valence electrons. The van der Waals surface area contributed by atoms with E-state index in [1.165, 1.54) is 6.42 Å². The first-order chi connectivity index (χ1) is 14.9. The molecule has 31 heavy (non-hydrogen) atoms. The summed E-state index contributed by atoms with van der Waals surface area (Å²) >= 11 is 5.29. The number of ether oxygens (including phenoxy) is 1. The molecule has 0 radical (unpaired) electrons. The van der Waals surface area contributed by atoms with E-state index in [4.69, 9.17) is 17.0 Å². The first-order valence-corrected chi connectivity index (χ1v) is 11.1. The Kier molecular flexibility index (Phi) is 9.97. The Hall–Kier alpha value is -2.93. The highest BCUT2D eigenvalue weighted by atomic mass is 32.1. The number of benzene rings is 2. The summed E-state index contributed by atoms with van der Waals surface area (Å²) in [6, 6.07) is 14.3. The Bertz CT molecular complexity index is 899. The minimum Gasteiger partial charge on any atom is -0.493 e. The van der Waals surface area contributed by atoms with Gasteiger partial charge in [-0.2, -0.15) is 0 Å². The lowest BCUT2D eigenvalue weighted by molar-refractivity contribution is -0.118. The van der Waals surface area contributed by atoms with Crippen LogP contribution in [0, 0.1) is 5.92 Å². The topological polar surface area (TPSA) is 79.5 Å². The molecule has 0 saturated heterocycles. The van der Waals surface area contributed by atoms with Gasteiger partial charge in [-0.1, -0.05) is 58.2 Å². The predicted octanol–water partition coefficient (Wildman–Crippen LogP) is 5.37. The van der Waals surface area contributed by atoms with E-state index in [1.807, 2.05) is 19.9 Å². The van der Waals surface area contributed by atoms with Gasteiger partial charge >= 0.3 is 0 Å². The molecule has 0 aliphatic heterocycles. The molecule has 2 amide bonds. The molecule has 0 spiro atoms. The van der Waals surface area contributed by atoms with E-state index in [0.717, 1.165) is 19.3 Å². The van der Waals surface area contributed by atoms with Crippen molar-refractivity contribution < 1.29 is 14.3 Å². The van der Waals surface area contributed by atoms with Crippen LogP contribution >= 0.6 is 12.2 Å². The van der Waals surface area contributed by atoms with Crippen LogP contribution in [0.25, 0.3) is 0 Å². The fourth-order valence-corrected chi connectivity index (χ4v) is 3.00. The Morgan fingerprint density at radius 3 is 2.39 bits per heavy atom. The van der Waals surface area contributed by atoms with Gasteiger partial charge in [0.1, 0.15) is 5.75 Å². The van der Waals surface area contributed by atoms with Gasteiger partial charge in [0.2, 0.25) is 5.91 Å². The van der Waals surface area contributed by atoms with Gasteiger partial charge in [-0.3, -0.25) is 14.9 Å². The lowest BCUT2D eigenvalue weighted by atomic mass is 10.2. The molecule has 0 saturated carbocycles. The zero-order chi connectivity index (χ0) is 22.6. The number of carbonyl (C=O) groups excluding carboxylic acids is 2. The second kappa shape index (κ2) is 12.7. The van der Waals surface area contributed by atoms with Crippen LogP contribution in [0.4, 0.5) is 11.4 Å². The molecule has 0 aliphatic carbocycles. The van der Waals surface area contributed by atoms with Crippen molar-refractivity contribution in [1.82, 2.24) is 5.32 Å². The van der Waals surface area contributed by atoms with E-state index in [9.17, 15) is 9.59 Å². The molecule has 0 unspecified atom stereocenters. The first kappa shape index (κ1) is 24.3. The average molecular weight is 442 g/mol. The third-order valence-corrected chi connectivity index (χ3v) is 4.73. The number of thiocarbonyl (C=S) groups is 1. The highest BCUT2D eigenvalue weighted by Gasteiger charge is 2.14. The largest absolute Gasteiger partial charge is 0.493 e. The number of hydrogen-bond donors (Lipinski definition) is 3. The summed E-state index contributed by atoms with van der Waals surface area (Å²) in [4.78, 5) is 24.6. The number of anilines is 2. The monoisotopic (exact) mass is 441 g/mol. The second-order valence-corrected chi connectivity index (χ2v) is 7.95. The van der Waals surface area contributed by atoms with Crippen molar-refractivity contribution in [2.75, 3.05) is 17.2 Å². The Morgan fingerprint density at radius 2 is 1.68 bits per heavy atom. The van der Waals surface area contributed by atoms with Crippen molar-refractivity contribution in [1.29, 1.82) is 0 Å². The second-order valence-electron chi connectivity index (χ2n) is 7.54. The molecule has 2 aromatic rings. The van der Waals surface area contributed by atoms with Gasteiger partial charge in [0.25, 0.3) is 5.91 Å².